The average molecular weight is 423 g/mol. The van der Waals surface area contributed by atoms with Gasteiger partial charge in [-0.15, -0.1) is 0 Å². The van der Waals surface area contributed by atoms with Gasteiger partial charge >= 0.3 is 0 Å². The summed E-state index contributed by atoms with van der Waals surface area (Å²) in [5.41, 5.74) is 9.77. The molecule has 2 heterocycles. The van der Waals surface area contributed by atoms with Crippen LogP contribution in [0.15, 0.2) is 72.9 Å². The number of nitrogens with one attached hydrogen (secondary N) is 3. The van der Waals surface area contributed by atoms with Crippen molar-refractivity contribution in [1.29, 1.82) is 0 Å². The molecule has 0 aliphatic heterocycles. The Kier molecular flexibility index (Phi) is 4.97. The van der Waals surface area contributed by atoms with E-state index in [0.717, 1.165) is 33.1 Å². The summed E-state index contributed by atoms with van der Waals surface area (Å²) in [6.45, 7) is 1.64. The molecule has 2 aromatic heterocycles. The number of carbonyl (C=O) groups is 1. The van der Waals surface area contributed by atoms with Gasteiger partial charge in [0.2, 0.25) is 5.91 Å². The summed E-state index contributed by atoms with van der Waals surface area (Å²) in [5, 5.41) is 15.2. The first-order chi connectivity index (χ1) is 15.6. The molecule has 5 aromatic rings. The number of nitrogens with zero attached hydrogens (tertiary/aromatic N) is 3. The van der Waals surface area contributed by atoms with Crippen molar-refractivity contribution in [3.63, 3.8) is 0 Å². The van der Waals surface area contributed by atoms with E-state index in [0.29, 0.717) is 17.3 Å². The van der Waals surface area contributed by atoms with Gasteiger partial charge in [0.15, 0.2) is 5.82 Å². The molecule has 0 saturated heterocycles. The molecule has 0 aliphatic carbocycles. The second-order valence-corrected chi connectivity index (χ2v) is 7.57. The quantitative estimate of drug-likeness (QED) is 0.336. The van der Waals surface area contributed by atoms with Crippen molar-refractivity contribution in [1.82, 2.24) is 20.2 Å². The highest BCUT2D eigenvalue weighted by atomic mass is 16.2. The molecule has 5 N–H and O–H groups in total. The molecular weight excluding hydrogens is 402 g/mol. The van der Waals surface area contributed by atoms with Crippen LogP contribution >= 0.6 is 0 Å². The zero-order valence-electron chi connectivity index (χ0n) is 17.3. The lowest BCUT2D eigenvalue weighted by Gasteiger charge is -2.12. The number of hydrogen-bond donors (Lipinski definition) is 4. The normalized spacial score (nSPS) is 12.1. The maximum Gasteiger partial charge on any atom is 0.240 e. The summed E-state index contributed by atoms with van der Waals surface area (Å²) in [4.78, 5) is 21.5. The summed E-state index contributed by atoms with van der Waals surface area (Å²) < 4.78 is 0. The molecule has 1 amide bonds. The molecule has 3 aromatic carbocycles. The van der Waals surface area contributed by atoms with Gasteiger partial charge < -0.3 is 16.4 Å². The predicted molar refractivity (Wildman–Crippen MR) is 127 cm³/mol. The van der Waals surface area contributed by atoms with E-state index in [9.17, 15) is 4.79 Å². The first-order valence-corrected chi connectivity index (χ1v) is 10.2. The van der Waals surface area contributed by atoms with Crippen molar-refractivity contribution < 1.29 is 4.79 Å². The van der Waals surface area contributed by atoms with E-state index in [4.69, 9.17) is 15.7 Å². The molecule has 5 rings (SSSR count). The van der Waals surface area contributed by atoms with Gasteiger partial charge in [-0.05, 0) is 49.4 Å². The van der Waals surface area contributed by atoms with E-state index >= 15 is 0 Å². The first kappa shape index (κ1) is 19.7. The number of carbonyl (C=O) groups excluding carboxylic acids is 1. The third-order valence-corrected chi connectivity index (χ3v) is 5.11. The maximum absolute atomic E-state index is 12.0. The van der Waals surface area contributed by atoms with Gasteiger partial charge in [0.05, 0.1) is 23.3 Å². The SMILES string of the molecule is CC(N)C(=O)Nc1cccc(-c2nc(Nc3ccc4[nH]ncc4c3)c3ccccc3n2)c1. The van der Waals surface area contributed by atoms with Crippen LogP contribution in [0.5, 0.6) is 0 Å². The first-order valence-electron chi connectivity index (χ1n) is 10.2. The third kappa shape index (κ3) is 3.86. The van der Waals surface area contributed by atoms with E-state index in [-0.39, 0.29) is 5.91 Å². The number of benzene rings is 3. The minimum absolute atomic E-state index is 0.251. The number of H-pyrrole nitrogens is 1. The van der Waals surface area contributed by atoms with Crippen LogP contribution in [-0.4, -0.2) is 32.1 Å². The molecule has 0 aliphatic rings. The number of nitrogens with two attached hydrogens (primary N) is 1. The number of fused-ring (bicyclic) bond motifs is 2. The van der Waals surface area contributed by atoms with Gasteiger partial charge in [-0.2, -0.15) is 5.10 Å². The topological polar surface area (TPSA) is 122 Å². The Morgan fingerprint density at radius 3 is 2.75 bits per heavy atom. The number of aromatic nitrogens is 4. The van der Waals surface area contributed by atoms with E-state index in [2.05, 4.69) is 20.8 Å². The van der Waals surface area contributed by atoms with Gasteiger partial charge in [0, 0.05) is 27.7 Å². The molecule has 0 spiro atoms. The summed E-state index contributed by atoms with van der Waals surface area (Å²) in [6, 6.07) is 20.6. The zero-order valence-corrected chi connectivity index (χ0v) is 17.3. The van der Waals surface area contributed by atoms with E-state index in [1.807, 2.05) is 66.7 Å². The maximum atomic E-state index is 12.0. The standard InChI is InChI=1S/C24H21N7O/c1-14(25)24(32)28-17-6-4-5-15(11-17)22-29-21-8-3-2-7-19(21)23(30-22)27-18-9-10-20-16(12-18)13-26-31-20/h2-14H,25H2,1H3,(H,26,31)(H,28,32)(H,27,29,30). The van der Waals surface area contributed by atoms with Crippen LogP contribution in [-0.2, 0) is 4.79 Å². The second-order valence-electron chi connectivity index (χ2n) is 7.57. The van der Waals surface area contributed by atoms with E-state index in [1.165, 1.54) is 0 Å². The minimum atomic E-state index is -0.598. The van der Waals surface area contributed by atoms with Crippen LogP contribution in [0.2, 0.25) is 0 Å². The summed E-state index contributed by atoms with van der Waals surface area (Å²) in [7, 11) is 0. The van der Waals surface area contributed by atoms with Crippen molar-refractivity contribution in [2.45, 2.75) is 13.0 Å². The van der Waals surface area contributed by atoms with Crippen molar-refractivity contribution in [2.24, 2.45) is 5.73 Å². The lowest BCUT2D eigenvalue weighted by Crippen LogP contribution is -2.32. The molecule has 8 nitrogen and oxygen atoms in total. The van der Waals surface area contributed by atoms with Gasteiger partial charge in [-0.25, -0.2) is 9.97 Å². The fourth-order valence-corrected chi connectivity index (χ4v) is 3.45. The van der Waals surface area contributed by atoms with Crippen LogP contribution in [0.25, 0.3) is 33.2 Å². The molecule has 1 unspecified atom stereocenters. The molecule has 32 heavy (non-hydrogen) atoms. The Bertz CT molecular complexity index is 1440. The fourth-order valence-electron chi connectivity index (χ4n) is 3.45. The van der Waals surface area contributed by atoms with Crippen LogP contribution in [0, 0.1) is 0 Å². The lowest BCUT2D eigenvalue weighted by molar-refractivity contribution is -0.117. The summed E-state index contributed by atoms with van der Waals surface area (Å²) >= 11 is 0. The third-order valence-electron chi connectivity index (χ3n) is 5.11. The zero-order chi connectivity index (χ0) is 22.1. The minimum Gasteiger partial charge on any atom is -0.340 e. The van der Waals surface area contributed by atoms with Crippen molar-refractivity contribution in [3.05, 3.63) is 72.9 Å². The van der Waals surface area contributed by atoms with Gasteiger partial charge in [-0.3, -0.25) is 9.89 Å². The smallest absolute Gasteiger partial charge is 0.240 e. The molecule has 8 heteroatoms. The van der Waals surface area contributed by atoms with Crippen LogP contribution in [0.3, 0.4) is 0 Å². The number of para-hydroxylation sites is 1. The molecule has 0 saturated carbocycles. The Balaban J connectivity index is 1.55. The largest absolute Gasteiger partial charge is 0.340 e. The Morgan fingerprint density at radius 1 is 1.00 bits per heavy atom. The van der Waals surface area contributed by atoms with Crippen LogP contribution in [0.1, 0.15) is 6.92 Å². The Morgan fingerprint density at radius 2 is 1.88 bits per heavy atom. The van der Waals surface area contributed by atoms with Gasteiger partial charge in [0.25, 0.3) is 0 Å². The van der Waals surface area contributed by atoms with E-state index in [1.54, 1.807) is 13.1 Å². The molecule has 158 valence electrons. The van der Waals surface area contributed by atoms with E-state index < -0.39 is 6.04 Å². The molecular formula is C24H21N7O. The van der Waals surface area contributed by atoms with Gasteiger partial charge in [0.1, 0.15) is 5.82 Å². The number of hydrogen-bond acceptors (Lipinski definition) is 6. The number of rotatable bonds is 5. The highest BCUT2D eigenvalue weighted by Crippen LogP contribution is 2.29. The average Bonchev–Trinajstić information content (AvgIpc) is 3.27. The van der Waals surface area contributed by atoms with Crippen LogP contribution in [0.4, 0.5) is 17.2 Å². The molecule has 0 fully saturated rings. The van der Waals surface area contributed by atoms with Crippen molar-refractivity contribution >= 4 is 44.9 Å². The Hall–Kier alpha value is -4.30. The highest BCUT2D eigenvalue weighted by molar-refractivity contribution is 5.95. The summed E-state index contributed by atoms with van der Waals surface area (Å²) in [6.07, 6.45) is 1.78. The summed E-state index contributed by atoms with van der Waals surface area (Å²) in [5.74, 6) is 0.990. The molecule has 0 bridgehead atoms. The monoisotopic (exact) mass is 423 g/mol. The van der Waals surface area contributed by atoms with Gasteiger partial charge in [-0.1, -0.05) is 24.3 Å². The Labute approximate surface area is 183 Å². The number of aromatic amines is 1. The number of amides is 1. The molecule has 0 radical (unpaired) electrons. The second kappa shape index (κ2) is 8.09. The number of anilines is 3. The van der Waals surface area contributed by atoms with Crippen molar-refractivity contribution in [3.8, 4) is 11.4 Å². The predicted octanol–water partition coefficient (Wildman–Crippen LogP) is 4.20. The highest BCUT2D eigenvalue weighted by Gasteiger charge is 2.12. The lowest BCUT2D eigenvalue weighted by atomic mass is 10.1. The molecule has 1 atom stereocenters. The van der Waals surface area contributed by atoms with Crippen molar-refractivity contribution in [2.75, 3.05) is 10.6 Å². The fraction of sp³-hybridized carbons (Fsp3) is 0.0833. The van der Waals surface area contributed by atoms with Crippen LogP contribution < -0.4 is 16.4 Å².